The number of fused-ring (bicyclic) bond motifs is 3. The van der Waals surface area contributed by atoms with Crippen LogP contribution in [0.3, 0.4) is 0 Å². The highest BCUT2D eigenvalue weighted by Crippen LogP contribution is 2.32. The first kappa shape index (κ1) is 17.0. The summed E-state index contributed by atoms with van der Waals surface area (Å²) < 4.78 is 3.10. The van der Waals surface area contributed by atoms with Crippen molar-refractivity contribution in [2.75, 3.05) is 11.1 Å². The number of thiophene rings is 1. The zero-order valence-electron chi connectivity index (χ0n) is 13.9. The van der Waals surface area contributed by atoms with Gasteiger partial charge < -0.3 is 5.32 Å². The Hall–Kier alpha value is -2.41. The Bertz CT molecular complexity index is 1180. The highest BCUT2D eigenvalue weighted by Gasteiger charge is 2.17. The predicted molar refractivity (Wildman–Crippen MR) is 106 cm³/mol. The van der Waals surface area contributed by atoms with Gasteiger partial charge in [0.25, 0.3) is 0 Å². The maximum Gasteiger partial charge on any atom is 0.235 e. The lowest BCUT2D eigenvalue weighted by atomic mass is 10.2. The molecule has 130 valence electrons. The number of aryl methyl sites for hydroxylation is 1. The topological polar surface area (TPSA) is 83.1 Å². The van der Waals surface area contributed by atoms with Crippen LogP contribution in [0.5, 0.6) is 0 Å². The molecule has 0 saturated carbocycles. The summed E-state index contributed by atoms with van der Waals surface area (Å²) in [4.78, 5) is 14.2. The molecule has 1 aromatic carbocycles. The van der Waals surface area contributed by atoms with E-state index in [0.29, 0.717) is 15.7 Å². The molecule has 0 saturated heterocycles. The van der Waals surface area contributed by atoms with Gasteiger partial charge in [-0.3, -0.25) is 9.20 Å². The minimum absolute atomic E-state index is 0.163. The van der Waals surface area contributed by atoms with Crippen molar-refractivity contribution in [1.29, 1.82) is 5.26 Å². The summed E-state index contributed by atoms with van der Waals surface area (Å²) in [5, 5.41) is 21.8. The second kappa shape index (κ2) is 6.72. The number of aromatic nitrogens is 3. The van der Waals surface area contributed by atoms with Crippen LogP contribution in [0.1, 0.15) is 16.0 Å². The number of nitrogens with zero attached hydrogens (tertiary/aromatic N) is 4. The fourth-order valence-corrected chi connectivity index (χ4v) is 5.39. The van der Waals surface area contributed by atoms with Crippen molar-refractivity contribution < 1.29 is 4.79 Å². The van der Waals surface area contributed by atoms with Crippen molar-refractivity contribution in [3.05, 3.63) is 40.3 Å². The fourth-order valence-electron chi connectivity index (χ4n) is 2.59. The Morgan fingerprint density at radius 3 is 2.92 bits per heavy atom. The molecular weight excluding hydrogens is 386 g/mol. The zero-order valence-corrected chi connectivity index (χ0v) is 16.4. The van der Waals surface area contributed by atoms with Crippen LogP contribution in [0, 0.1) is 25.2 Å². The molecule has 0 fully saturated rings. The summed E-state index contributed by atoms with van der Waals surface area (Å²) in [5.41, 5.74) is 2.50. The third-order valence-electron chi connectivity index (χ3n) is 3.99. The van der Waals surface area contributed by atoms with E-state index in [1.54, 1.807) is 11.3 Å². The summed E-state index contributed by atoms with van der Waals surface area (Å²) in [6, 6.07) is 10.2. The summed E-state index contributed by atoms with van der Waals surface area (Å²) in [6.07, 6.45) is 0. The lowest BCUT2D eigenvalue weighted by molar-refractivity contribution is -0.113. The predicted octanol–water partition coefficient (Wildman–Crippen LogP) is 4.22. The molecule has 9 heteroatoms. The molecule has 4 rings (SSSR count). The van der Waals surface area contributed by atoms with Gasteiger partial charge in [-0.05, 0) is 31.5 Å². The van der Waals surface area contributed by atoms with Gasteiger partial charge in [0.05, 0.1) is 21.5 Å². The van der Waals surface area contributed by atoms with E-state index in [1.807, 2.05) is 42.5 Å². The van der Waals surface area contributed by atoms with Gasteiger partial charge in [0, 0.05) is 4.88 Å². The molecule has 4 aromatic rings. The highest BCUT2D eigenvalue weighted by atomic mass is 32.2. The number of thioether (sulfide) groups is 1. The molecule has 26 heavy (non-hydrogen) atoms. The standard InChI is InChI=1S/C17H13N5OS3/c1-9-10(2)25-15(11(9)7-18)19-14(23)8-24-16-20-21-17-22(16)12-5-3-4-6-13(12)26-17/h3-6H,8H2,1-2H3,(H,19,23). The maximum atomic E-state index is 12.3. The number of rotatable bonds is 4. The van der Waals surface area contributed by atoms with Crippen LogP contribution in [0.25, 0.3) is 15.2 Å². The molecule has 0 spiro atoms. The minimum atomic E-state index is -0.163. The number of para-hydroxylation sites is 1. The number of carbonyl (C=O) groups is 1. The second-order valence-corrected chi connectivity index (χ2v) is 8.78. The molecule has 0 bridgehead atoms. The average molecular weight is 400 g/mol. The van der Waals surface area contributed by atoms with E-state index in [-0.39, 0.29) is 11.7 Å². The van der Waals surface area contributed by atoms with Gasteiger partial charge in [-0.25, -0.2) is 0 Å². The zero-order chi connectivity index (χ0) is 18.3. The Morgan fingerprint density at radius 2 is 2.12 bits per heavy atom. The first-order valence-electron chi connectivity index (χ1n) is 7.74. The molecule has 0 aliphatic rings. The molecule has 0 atom stereocenters. The van der Waals surface area contributed by atoms with Crippen molar-refractivity contribution in [3.63, 3.8) is 0 Å². The van der Waals surface area contributed by atoms with Gasteiger partial charge in [-0.2, -0.15) is 5.26 Å². The normalized spacial score (nSPS) is 11.1. The quantitative estimate of drug-likeness (QED) is 0.519. The maximum absolute atomic E-state index is 12.3. The van der Waals surface area contributed by atoms with Crippen molar-refractivity contribution >= 4 is 60.5 Å². The van der Waals surface area contributed by atoms with Gasteiger partial charge in [-0.15, -0.1) is 21.5 Å². The summed E-state index contributed by atoms with van der Waals surface area (Å²) in [5.74, 6) is 0.0373. The molecule has 1 N–H and O–H groups in total. The van der Waals surface area contributed by atoms with Gasteiger partial charge in [0.2, 0.25) is 10.9 Å². The number of nitrogens with one attached hydrogen (secondary N) is 1. The molecule has 0 aliphatic heterocycles. The number of hydrogen-bond donors (Lipinski definition) is 1. The van der Waals surface area contributed by atoms with E-state index in [2.05, 4.69) is 21.6 Å². The molecule has 6 nitrogen and oxygen atoms in total. The third-order valence-corrected chi connectivity index (χ3v) is 7.06. The van der Waals surface area contributed by atoms with Crippen LogP contribution >= 0.6 is 34.4 Å². The highest BCUT2D eigenvalue weighted by molar-refractivity contribution is 7.99. The van der Waals surface area contributed by atoms with Gasteiger partial charge in [0.1, 0.15) is 11.1 Å². The number of hydrogen-bond acceptors (Lipinski definition) is 7. The fraction of sp³-hybridized carbons (Fsp3) is 0.176. The van der Waals surface area contributed by atoms with Crippen LogP contribution in [-0.4, -0.2) is 26.3 Å². The number of thiazole rings is 1. The Morgan fingerprint density at radius 1 is 1.31 bits per heavy atom. The first-order chi connectivity index (χ1) is 12.6. The monoisotopic (exact) mass is 399 g/mol. The van der Waals surface area contributed by atoms with Crippen LogP contribution in [0.4, 0.5) is 5.00 Å². The van der Waals surface area contributed by atoms with Crippen LogP contribution in [0.2, 0.25) is 0 Å². The minimum Gasteiger partial charge on any atom is -0.316 e. The number of benzene rings is 1. The smallest absolute Gasteiger partial charge is 0.235 e. The molecule has 0 radical (unpaired) electrons. The molecule has 1 amide bonds. The van der Waals surface area contributed by atoms with E-state index < -0.39 is 0 Å². The summed E-state index contributed by atoms with van der Waals surface area (Å²) >= 11 is 4.33. The number of nitriles is 1. The van der Waals surface area contributed by atoms with Gasteiger partial charge >= 0.3 is 0 Å². The second-order valence-electron chi connectivity index (χ2n) is 5.61. The van der Waals surface area contributed by atoms with Crippen LogP contribution in [-0.2, 0) is 4.79 Å². The SMILES string of the molecule is Cc1sc(NC(=O)CSc2nnc3sc4ccccc4n23)c(C#N)c1C. The Kier molecular flexibility index (Phi) is 4.40. The average Bonchev–Trinajstić information content (AvgIpc) is 3.26. The van der Waals surface area contributed by atoms with Gasteiger partial charge in [-0.1, -0.05) is 35.2 Å². The van der Waals surface area contributed by atoms with E-state index in [9.17, 15) is 10.1 Å². The first-order valence-corrected chi connectivity index (χ1v) is 10.4. The van der Waals surface area contributed by atoms with Crippen LogP contribution in [0.15, 0.2) is 29.4 Å². The van der Waals surface area contributed by atoms with E-state index in [1.165, 1.54) is 23.1 Å². The molecule has 0 aliphatic carbocycles. The Labute approximate surface area is 161 Å². The third kappa shape index (κ3) is 2.86. The lowest BCUT2D eigenvalue weighted by Gasteiger charge is -2.03. The molecule has 3 heterocycles. The van der Waals surface area contributed by atoms with Crippen LogP contribution < -0.4 is 5.32 Å². The van der Waals surface area contributed by atoms with E-state index in [0.717, 1.165) is 25.6 Å². The molecule has 0 unspecified atom stereocenters. The largest absolute Gasteiger partial charge is 0.316 e. The molecule has 3 aromatic heterocycles. The van der Waals surface area contributed by atoms with Crippen molar-refractivity contribution in [2.45, 2.75) is 19.0 Å². The number of carbonyl (C=O) groups excluding carboxylic acids is 1. The van der Waals surface area contributed by atoms with Crippen molar-refractivity contribution in [1.82, 2.24) is 14.6 Å². The van der Waals surface area contributed by atoms with Crippen molar-refractivity contribution in [2.24, 2.45) is 0 Å². The summed E-state index contributed by atoms with van der Waals surface area (Å²) in [6.45, 7) is 3.84. The number of amides is 1. The van der Waals surface area contributed by atoms with E-state index >= 15 is 0 Å². The Balaban J connectivity index is 1.53. The van der Waals surface area contributed by atoms with Crippen molar-refractivity contribution in [3.8, 4) is 6.07 Å². The van der Waals surface area contributed by atoms with E-state index in [4.69, 9.17) is 0 Å². The number of anilines is 1. The summed E-state index contributed by atoms with van der Waals surface area (Å²) in [7, 11) is 0. The molecular formula is C17H13N5OS3. The van der Waals surface area contributed by atoms with Gasteiger partial charge in [0.15, 0.2) is 5.16 Å². The lowest BCUT2D eigenvalue weighted by Crippen LogP contribution is -2.14.